The number of aliphatic carboxylic acids is 1. The van der Waals surface area contributed by atoms with E-state index in [-0.39, 0.29) is 41.5 Å². The van der Waals surface area contributed by atoms with Crippen molar-refractivity contribution in [3.63, 3.8) is 0 Å². The molecule has 2 rings (SSSR count). The average Bonchev–Trinajstić information content (AvgIpc) is 2.66. The Kier molecular flexibility index (Phi) is 1.01. The molecule has 2 N–H and O–H groups in total. The topological polar surface area (TPSA) is 53.1 Å². The van der Waals surface area contributed by atoms with Gasteiger partial charge in [0.25, 0.3) is 0 Å². The highest BCUT2D eigenvalue weighted by molar-refractivity contribution is 5.86. The molecule has 0 aliphatic carbocycles. The molecule has 1 aromatic heterocycles. The summed E-state index contributed by atoms with van der Waals surface area (Å²) in [6.07, 6.45) is 1.13. The Morgan fingerprint density at radius 3 is 3.08 bits per heavy atom. The summed E-state index contributed by atoms with van der Waals surface area (Å²) in [7, 11) is 0. The molecule has 0 bridgehead atoms. The van der Waals surface area contributed by atoms with Gasteiger partial charge < -0.3 is 10.1 Å². The third kappa shape index (κ3) is 1.40. The van der Waals surface area contributed by atoms with Crippen LogP contribution in [0.1, 0.15) is 11.0 Å². The molecule has 13 heavy (non-hydrogen) atoms. The van der Waals surface area contributed by atoms with Gasteiger partial charge in [-0.25, -0.2) is 0 Å². The first-order chi connectivity index (χ1) is 7.93. The molecule has 0 unspecified atom stereocenters. The first-order valence-electron chi connectivity index (χ1n) is 5.71. The zero-order valence-corrected chi connectivity index (χ0v) is 6.64. The van der Waals surface area contributed by atoms with Crippen LogP contribution in [-0.4, -0.2) is 16.1 Å². The molecule has 1 aromatic carbocycles. The van der Waals surface area contributed by atoms with Crippen LogP contribution in [0.4, 0.5) is 0 Å². The summed E-state index contributed by atoms with van der Waals surface area (Å²) >= 11 is 0. The van der Waals surface area contributed by atoms with Crippen molar-refractivity contribution < 1.29 is 15.4 Å². The maximum atomic E-state index is 10.7. The molecule has 3 heteroatoms. The fraction of sp³-hybridized carbons (Fsp3) is 0.100. The molecule has 3 nitrogen and oxygen atoms in total. The van der Waals surface area contributed by atoms with Gasteiger partial charge in [-0.05, 0) is 11.6 Å². The number of hydrogen-bond acceptors (Lipinski definition) is 1. The molecular formula is C10H9NO2. The standard InChI is InChI=1S/C10H9NO2/c12-10(13)5-7-6-11-9-4-2-1-3-8(7)9/h1-4,6,11H,5H2,(H,12,13)/i1D,2D,3D,4D. The molecule has 1 heterocycles. The van der Waals surface area contributed by atoms with E-state index in [1.165, 1.54) is 6.20 Å². The van der Waals surface area contributed by atoms with Gasteiger partial charge >= 0.3 is 5.97 Å². The molecule has 0 aliphatic rings. The first kappa shape index (κ1) is 4.46. The second-order valence-corrected chi connectivity index (χ2v) is 2.63. The zero-order chi connectivity index (χ0) is 12.7. The van der Waals surface area contributed by atoms with Gasteiger partial charge in [-0.1, -0.05) is 18.1 Å². The molecule has 66 valence electrons. The van der Waals surface area contributed by atoms with E-state index in [0.717, 1.165) is 0 Å². The van der Waals surface area contributed by atoms with E-state index in [0.29, 0.717) is 5.56 Å². The van der Waals surface area contributed by atoms with E-state index >= 15 is 0 Å². The highest BCUT2D eigenvalue weighted by atomic mass is 16.4. The highest BCUT2D eigenvalue weighted by Gasteiger charge is 2.05. The summed E-state index contributed by atoms with van der Waals surface area (Å²) in [5, 5.41) is 8.97. The van der Waals surface area contributed by atoms with Gasteiger partial charge in [0.15, 0.2) is 0 Å². The monoisotopic (exact) mass is 179 g/mol. The molecule has 0 radical (unpaired) electrons. The first-order valence-corrected chi connectivity index (χ1v) is 3.71. The highest BCUT2D eigenvalue weighted by Crippen LogP contribution is 2.17. The van der Waals surface area contributed by atoms with Crippen LogP contribution in [0.5, 0.6) is 0 Å². The molecule has 0 aliphatic heterocycles. The van der Waals surface area contributed by atoms with Gasteiger partial charge in [0.1, 0.15) is 0 Å². The normalized spacial score (nSPS) is 14.8. The van der Waals surface area contributed by atoms with E-state index < -0.39 is 5.97 Å². The Hall–Kier alpha value is -1.77. The number of aromatic amines is 1. The van der Waals surface area contributed by atoms with Crippen LogP contribution in [0.15, 0.2) is 30.4 Å². The Labute approximate surface area is 80.6 Å². The van der Waals surface area contributed by atoms with Crippen molar-refractivity contribution in [1.82, 2.24) is 4.98 Å². The lowest BCUT2D eigenvalue weighted by Crippen LogP contribution is -1.98. The lowest BCUT2D eigenvalue weighted by molar-refractivity contribution is -0.136. The summed E-state index contributed by atoms with van der Waals surface area (Å²) < 4.78 is 30.4. The van der Waals surface area contributed by atoms with E-state index in [1.807, 2.05) is 0 Å². The predicted octanol–water partition coefficient (Wildman–Crippen LogP) is 1.79. The van der Waals surface area contributed by atoms with Crippen molar-refractivity contribution in [3.05, 3.63) is 35.9 Å². The van der Waals surface area contributed by atoms with E-state index in [1.54, 1.807) is 0 Å². The number of nitrogens with one attached hydrogen (secondary N) is 1. The van der Waals surface area contributed by atoms with Crippen molar-refractivity contribution >= 4 is 16.9 Å². The minimum absolute atomic E-state index is 0.183. The number of H-pyrrole nitrogens is 1. The fourth-order valence-corrected chi connectivity index (χ4v) is 1.20. The quantitative estimate of drug-likeness (QED) is 0.738. The van der Waals surface area contributed by atoms with Crippen LogP contribution in [0.3, 0.4) is 0 Å². The molecule has 0 amide bonds. The Bertz CT molecular complexity index is 621. The smallest absolute Gasteiger partial charge is 0.307 e. The number of fused-ring (bicyclic) bond motifs is 1. The second-order valence-electron chi connectivity index (χ2n) is 2.63. The zero-order valence-electron chi connectivity index (χ0n) is 10.6. The third-order valence-electron chi connectivity index (χ3n) is 1.74. The second kappa shape index (κ2) is 2.94. The molecule has 0 fully saturated rings. The lowest BCUT2D eigenvalue weighted by atomic mass is 10.1. The van der Waals surface area contributed by atoms with Crippen molar-refractivity contribution in [1.29, 1.82) is 0 Å². The maximum absolute atomic E-state index is 10.7. The van der Waals surface area contributed by atoms with Crippen molar-refractivity contribution in [3.8, 4) is 0 Å². The van der Waals surface area contributed by atoms with E-state index in [9.17, 15) is 4.79 Å². The molecule has 2 aromatic rings. The van der Waals surface area contributed by atoms with Crippen molar-refractivity contribution in [2.45, 2.75) is 6.42 Å². The van der Waals surface area contributed by atoms with Crippen LogP contribution < -0.4 is 0 Å². The number of carboxylic acid groups (broad SMARTS) is 1. The third-order valence-corrected chi connectivity index (χ3v) is 1.74. The molecule has 0 saturated carbocycles. The van der Waals surface area contributed by atoms with E-state index in [2.05, 4.69) is 4.98 Å². The minimum Gasteiger partial charge on any atom is -0.481 e. The summed E-state index contributed by atoms with van der Waals surface area (Å²) in [6, 6.07) is -1.07. The number of aromatic nitrogens is 1. The Balaban J connectivity index is 2.80. The molecule has 0 saturated heterocycles. The number of hydrogen-bond donors (Lipinski definition) is 2. The van der Waals surface area contributed by atoms with Gasteiger partial charge in [0, 0.05) is 17.1 Å². The van der Waals surface area contributed by atoms with E-state index in [4.69, 9.17) is 10.6 Å². The number of para-hydroxylation sites is 1. The predicted molar refractivity (Wildman–Crippen MR) is 49.6 cm³/mol. The molecular weight excluding hydrogens is 166 g/mol. The minimum atomic E-state index is -1.04. The maximum Gasteiger partial charge on any atom is 0.307 e. The lowest BCUT2D eigenvalue weighted by Gasteiger charge is -1.92. The Morgan fingerprint density at radius 1 is 1.54 bits per heavy atom. The number of rotatable bonds is 2. The molecule has 0 spiro atoms. The number of benzene rings is 1. The van der Waals surface area contributed by atoms with Gasteiger partial charge in [-0.2, -0.15) is 0 Å². The largest absolute Gasteiger partial charge is 0.481 e. The van der Waals surface area contributed by atoms with Crippen LogP contribution in [0, 0.1) is 0 Å². The summed E-state index contributed by atoms with van der Waals surface area (Å²) in [6.45, 7) is 0. The van der Waals surface area contributed by atoms with Crippen molar-refractivity contribution in [2.24, 2.45) is 0 Å². The summed E-state index contributed by atoms with van der Waals surface area (Å²) in [5.41, 5.74) is 0.603. The fourth-order valence-electron chi connectivity index (χ4n) is 1.20. The van der Waals surface area contributed by atoms with Gasteiger partial charge in [0.2, 0.25) is 0 Å². The number of carbonyl (C=O) groups is 1. The van der Waals surface area contributed by atoms with Crippen LogP contribution in [0.25, 0.3) is 10.9 Å². The average molecular weight is 179 g/mol. The SMILES string of the molecule is [2H]c1c([2H])c([2H])c2c(CC(=O)O)c[nH]c2c1[2H]. The summed E-state index contributed by atoms with van der Waals surface area (Å²) in [5.74, 6) is -1.04. The Morgan fingerprint density at radius 2 is 2.31 bits per heavy atom. The van der Waals surface area contributed by atoms with Gasteiger partial charge in [-0.3, -0.25) is 4.79 Å². The van der Waals surface area contributed by atoms with Crippen LogP contribution in [0.2, 0.25) is 0 Å². The number of carboxylic acids is 1. The van der Waals surface area contributed by atoms with Gasteiger partial charge in [0.05, 0.1) is 11.9 Å². The summed E-state index contributed by atoms with van der Waals surface area (Å²) in [4.78, 5) is 13.3. The van der Waals surface area contributed by atoms with Gasteiger partial charge in [-0.15, -0.1) is 0 Å². The van der Waals surface area contributed by atoms with Crippen LogP contribution >= 0.6 is 0 Å². The van der Waals surface area contributed by atoms with Crippen LogP contribution in [-0.2, 0) is 11.2 Å². The van der Waals surface area contributed by atoms with Crippen molar-refractivity contribution in [2.75, 3.05) is 0 Å². The molecule has 0 atom stereocenters.